The number of halogens is 1. The van der Waals surface area contributed by atoms with Gasteiger partial charge in [-0.2, -0.15) is 0 Å². The lowest BCUT2D eigenvalue weighted by Crippen LogP contribution is -2.25. The van der Waals surface area contributed by atoms with Crippen molar-refractivity contribution < 1.29 is 4.79 Å². The van der Waals surface area contributed by atoms with Gasteiger partial charge in [-0.1, -0.05) is 49.6 Å². The van der Waals surface area contributed by atoms with E-state index >= 15 is 0 Å². The summed E-state index contributed by atoms with van der Waals surface area (Å²) in [5, 5.41) is 0.658. The normalized spacial score (nSPS) is 14.3. The van der Waals surface area contributed by atoms with Gasteiger partial charge in [0.05, 0.1) is 0 Å². The molecule has 0 atom stereocenters. The van der Waals surface area contributed by atoms with Crippen molar-refractivity contribution in [3.63, 3.8) is 0 Å². The second-order valence-corrected chi connectivity index (χ2v) is 7.14. The van der Waals surface area contributed by atoms with E-state index in [4.69, 9.17) is 11.6 Å². The Morgan fingerprint density at radius 1 is 1.11 bits per heavy atom. The number of fused-ring (bicyclic) bond motifs is 1. The number of carbonyl (C=O) groups excluding carboxylic acids is 1. The van der Waals surface area contributed by atoms with Crippen molar-refractivity contribution in [3.8, 4) is 0 Å². The van der Waals surface area contributed by atoms with Crippen molar-refractivity contribution in [3.05, 3.63) is 77.5 Å². The number of benzene rings is 2. The Hall–Kier alpha value is -2.52. The maximum atomic E-state index is 12.8. The van der Waals surface area contributed by atoms with E-state index in [1.165, 1.54) is 12.8 Å². The van der Waals surface area contributed by atoms with E-state index in [0.717, 1.165) is 35.5 Å². The molecule has 0 aromatic heterocycles. The fourth-order valence-corrected chi connectivity index (χ4v) is 3.31. The first kappa shape index (κ1) is 19.2. The minimum absolute atomic E-state index is 0.0637. The van der Waals surface area contributed by atoms with Gasteiger partial charge < -0.3 is 9.80 Å². The van der Waals surface area contributed by atoms with Crippen LogP contribution in [0.2, 0.25) is 5.02 Å². The predicted molar refractivity (Wildman–Crippen MR) is 115 cm³/mol. The SMILES string of the molecule is CCCCCN1C=C/C(=C\C(=O)N(C)c2ccc(Cl)cc2)c2ccccc21. The van der Waals surface area contributed by atoms with Crippen LogP contribution in [0.3, 0.4) is 0 Å². The Morgan fingerprint density at radius 2 is 1.85 bits per heavy atom. The highest BCUT2D eigenvalue weighted by Gasteiger charge is 2.17. The van der Waals surface area contributed by atoms with Crippen LogP contribution in [0.5, 0.6) is 0 Å². The highest BCUT2D eigenvalue weighted by atomic mass is 35.5. The summed E-state index contributed by atoms with van der Waals surface area (Å²) in [5.74, 6) is -0.0637. The molecule has 2 aromatic rings. The summed E-state index contributed by atoms with van der Waals surface area (Å²) in [7, 11) is 1.78. The van der Waals surface area contributed by atoms with E-state index in [2.05, 4.69) is 30.2 Å². The number of hydrogen-bond donors (Lipinski definition) is 0. The lowest BCUT2D eigenvalue weighted by atomic mass is 9.99. The Bertz CT molecular complexity index is 855. The van der Waals surface area contributed by atoms with Crippen molar-refractivity contribution in [2.75, 3.05) is 23.4 Å². The molecule has 0 saturated heterocycles. The molecule has 0 saturated carbocycles. The number of hydrogen-bond acceptors (Lipinski definition) is 2. The largest absolute Gasteiger partial charge is 0.347 e. The standard InChI is InChI=1S/C23H25ClN2O/c1-3-4-7-15-26-16-14-18(21-8-5-6-9-22(21)26)17-23(27)25(2)20-12-10-19(24)11-13-20/h5-6,8-14,16-17H,3-4,7,15H2,1-2H3/b18-17+. The van der Waals surface area contributed by atoms with E-state index < -0.39 is 0 Å². The average molecular weight is 381 g/mol. The summed E-state index contributed by atoms with van der Waals surface area (Å²) in [4.78, 5) is 16.7. The van der Waals surface area contributed by atoms with Gasteiger partial charge >= 0.3 is 0 Å². The summed E-state index contributed by atoms with van der Waals surface area (Å²) in [5.41, 5.74) is 4.00. The maximum absolute atomic E-state index is 12.8. The van der Waals surface area contributed by atoms with Crippen molar-refractivity contribution in [1.29, 1.82) is 0 Å². The zero-order chi connectivity index (χ0) is 19.2. The van der Waals surface area contributed by atoms with E-state index in [1.54, 1.807) is 30.2 Å². The molecule has 3 rings (SSSR count). The number of amides is 1. The molecule has 0 spiro atoms. The summed E-state index contributed by atoms with van der Waals surface area (Å²) in [6.07, 6.45) is 9.40. The molecule has 3 nitrogen and oxygen atoms in total. The maximum Gasteiger partial charge on any atom is 0.251 e. The van der Waals surface area contributed by atoms with E-state index in [-0.39, 0.29) is 5.91 Å². The zero-order valence-electron chi connectivity index (χ0n) is 15.9. The van der Waals surface area contributed by atoms with Crippen LogP contribution in [0.4, 0.5) is 11.4 Å². The van der Waals surface area contributed by atoms with Crippen LogP contribution < -0.4 is 9.80 Å². The highest BCUT2D eigenvalue weighted by molar-refractivity contribution is 6.30. The van der Waals surface area contributed by atoms with Gasteiger partial charge in [0.25, 0.3) is 5.91 Å². The number of para-hydroxylation sites is 1. The number of nitrogens with zero attached hydrogens (tertiary/aromatic N) is 2. The zero-order valence-corrected chi connectivity index (χ0v) is 16.6. The molecule has 1 amide bonds. The molecule has 0 unspecified atom stereocenters. The predicted octanol–water partition coefficient (Wildman–Crippen LogP) is 5.91. The van der Waals surface area contributed by atoms with Gasteiger partial charge in [0, 0.05) is 47.8 Å². The smallest absolute Gasteiger partial charge is 0.251 e. The fourth-order valence-electron chi connectivity index (χ4n) is 3.18. The number of likely N-dealkylation sites (N-methyl/N-ethyl adjacent to an activating group) is 1. The van der Waals surface area contributed by atoms with Gasteiger partial charge in [-0.3, -0.25) is 4.79 Å². The van der Waals surface area contributed by atoms with Gasteiger partial charge in [-0.15, -0.1) is 0 Å². The minimum Gasteiger partial charge on any atom is -0.347 e. The molecular formula is C23H25ClN2O. The second kappa shape index (κ2) is 8.92. The van der Waals surface area contributed by atoms with E-state index in [0.29, 0.717) is 5.02 Å². The third-order valence-electron chi connectivity index (χ3n) is 4.78. The molecule has 0 N–H and O–H groups in total. The molecule has 2 aromatic carbocycles. The Balaban J connectivity index is 1.82. The fraction of sp³-hybridized carbons (Fsp3) is 0.261. The first-order valence-corrected chi connectivity index (χ1v) is 9.77. The molecule has 0 radical (unpaired) electrons. The van der Waals surface area contributed by atoms with Crippen molar-refractivity contribution in [2.45, 2.75) is 26.2 Å². The van der Waals surface area contributed by atoms with Crippen LogP contribution in [-0.4, -0.2) is 19.5 Å². The molecule has 140 valence electrons. The lowest BCUT2D eigenvalue weighted by molar-refractivity contribution is -0.113. The number of unbranched alkanes of at least 4 members (excludes halogenated alkanes) is 2. The lowest BCUT2D eigenvalue weighted by Gasteiger charge is -2.28. The second-order valence-electron chi connectivity index (χ2n) is 6.71. The van der Waals surface area contributed by atoms with Crippen molar-refractivity contribution >= 4 is 34.5 Å². The van der Waals surface area contributed by atoms with Gasteiger partial charge in [0.2, 0.25) is 0 Å². The quantitative estimate of drug-likeness (QED) is 0.459. The van der Waals surface area contributed by atoms with Gasteiger partial charge in [0.1, 0.15) is 0 Å². The van der Waals surface area contributed by atoms with E-state index in [9.17, 15) is 4.79 Å². The molecule has 0 fully saturated rings. The Labute approximate surface area is 166 Å². The molecule has 27 heavy (non-hydrogen) atoms. The first-order chi connectivity index (χ1) is 13.1. The number of rotatable bonds is 6. The molecule has 0 bridgehead atoms. The average Bonchev–Trinajstić information content (AvgIpc) is 2.69. The van der Waals surface area contributed by atoms with Crippen molar-refractivity contribution in [2.24, 2.45) is 0 Å². The molecule has 1 heterocycles. The first-order valence-electron chi connectivity index (χ1n) is 9.39. The Kier molecular flexibility index (Phi) is 6.36. The third-order valence-corrected chi connectivity index (χ3v) is 5.04. The molecule has 1 aliphatic rings. The number of carbonyl (C=O) groups is 1. The van der Waals surface area contributed by atoms with Crippen LogP contribution >= 0.6 is 11.6 Å². The van der Waals surface area contributed by atoms with Crippen LogP contribution in [0.1, 0.15) is 31.7 Å². The highest BCUT2D eigenvalue weighted by Crippen LogP contribution is 2.33. The third kappa shape index (κ3) is 4.61. The molecular weight excluding hydrogens is 356 g/mol. The molecule has 1 aliphatic heterocycles. The summed E-state index contributed by atoms with van der Waals surface area (Å²) >= 11 is 5.94. The number of allylic oxidation sites excluding steroid dienone is 2. The topological polar surface area (TPSA) is 23.6 Å². The van der Waals surface area contributed by atoms with Crippen LogP contribution in [0, 0.1) is 0 Å². The summed E-state index contributed by atoms with van der Waals surface area (Å²) in [6.45, 7) is 3.21. The van der Waals surface area contributed by atoms with Crippen LogP contribution in [0.15, 0.2) is 66.9 Å². The van der Waals surface area contributed by atoms with Gasteiger partial charge in [-0.05, 0) is 48.4 Å². The van der Waals surface area contributed by atoms with E-state index in [1.807, 2.05) is 30.3 Å². The summed E-state index contributed by atoms with van der Waals surface area (Å²) < 4.78 is 0. The molecule has 4 heteroatoms. The van der Waals surface area contributed by atoms with Gasteiger partial charge in [0.15, 0.2) is 0 Å². The van der Waals surface area contributed by atoms with Crippen LogP contribution in [0.25, 0.3) is 5.57 Å². The monoisotopic (exact) mass is 380 g/mol. The minimum atomic E-state index is -0.0637. The molecule has 0 aliphatic carbocycles. The Morgan fingerprint density at radius 3 is 2.59 bits per heavy atom. The van der Waals surface area contributed by atoms with Crippen LogP contribution in [-0.2, 0) is 4.79 Å². The number of anilines is 2. The van der Waals surface area contributed by atoms with Crippen molar-refractivity contribution in [1.82, 2.24) is 0 Å². The van der Waals surface area contributed by atoms with Gasteiger partial charge in [-0.25, -0.2) is 0 Å². The summed E-state index contributed by atoms with van der Waals surface area (Å²) in [6, 6.07) is 15.5.